The maximum absolute atomic E-state index is 12.1. The van der Waals surface area contributed by atoms with Crippen LogP contribution in [0, 0.1) is 0 Å². The van der Waals surface area contributed by atoms with Crippen molar-refractivity contribution >= 4 is 11.9 Å². The van der Waals surface area contributed by atoms with E-state index in [4.69, 9.17) is 0 Å². The highest BCUT2D eigenvalue weighted by Crippen LogP contribution is 2.21. The van der Waals surface area contributed by atoms with Crippen LogP contribution in [0.4, 0.5) is 18.0 Å². The zero-order chi connectivity index (χ0) is 17.6. The van der Waals surface area contributed by atoms with E-state index >= 15 is 0 Å². The van der Waals surface area contributed by atoms with Gasteiger partial charge in [-0.2, -0.15) is 13.2 Å². The van der Waals surface area contributed by atoms with E-state index in [1.165, 1.54) is 5.43 Å². The largest absolute Gasteiger partial charge is 0.472 e. The van der Waals surface area contributed by atoms with Crippen LogP contribution in [0.2, 0.25) is 0 Å². The minimum Gasteiger partial charge on any atom is -0.326 e. The number of amides is 3. The average Bonchev–Trinajstić information content (AvgIpc) is 2.58. The number of carbonyl (C=O) groups is 2. The molecule has 0 aliphatic heterocycles. The second-order valence-corrected chi connectivity index (χ2v) is 4.80. The molecule has 0 heterocycles. The maximum Gasteiger partial charge on any atom is 0.472 e. The van der Waals surface area contributed by atoms with E-state index in [9.17, 15) is 22.8 Å². The smallest absolute Gasteiger partial charge is 0.326 e. The number of hydrogen-bond donors (Lipinski definition) is 3. The van der Waals surface area contributed by atoms with Gasteiger partial charge < -0.3 is 5.32 Å². The summed E-state index contributed by atoms with van der Waals surface area (Å²) in [5, 5.41) is 2.52. The van der Waals surface area contributed by atoms with Crippen molar-refractivity contribution in [3.63, 3.8) is 0 Å². The van der Waals surface area contributed by atoms with Crippen LogP contribution in [0.3, 0.4) is 0 Å². The molecule has 0 bridgehead atoms. The molecule has 0 aromatic heterocycles. The Kier molecular flexibility index (Phi) is 5.41. The van der Waals surface area contributed by atoms with Crippen molar-refractivity contribution in [3.05, 3.63) is 71.8 Å². The molecule has 0 aliphatic carbocycles. The lowest BCUT2D eigenvalue weighted by atomic mass is 9.99. The van der Waals surface area contributed by atoms with Crippen molar-refractivity contribution in [1.29, 1.82) is 0 Å². The van der Waals surface area contributed by atoms with E-state index < -0.39 is 24.2 Å². The molecule has 3 amide bonds. The number of hydrogen-bond acceptors (Lipinski definition) is 2. The summed E-state index contributed by atoms with van der Waals surface area (Å²) >= 11 is 0. The van der Waals surface area contributed by atoms with Crippen molar-refractivity contribution in [2.45, 2.75) is 12.2 Å². The van der Waals surface area contributed by atoms with Crippen LogP contribution >= 0.6 is 0 Å². The van der Waals surface area contributed by atoms with Crippen LogP contribution < -0.4 is 16.2 Å². The minimum absolute atomic E-state index is 0.588. The summed E-state index contributed by atoms with van der Waals surface area (Å²) in [6, 6.07) is 16.2. The van der Waals surface area contributed by atoms with Crippen molar-refractivity contribution < 1.29 is 22.8 Å². The van der Waals surface area contributed by atoms with Gasteiger partial charge in [0.2, 0.25) is 0 Å². The number of benzene rings is 2. The third kappa shape index (κ3) is 4.73. The van der Waals surface area contributed by atoms with Gasteiger partial charge in [0.15, 0.2) is 0 Å². The molecule has 0 aliphatic rings. The number of nitrogens with one attached hydrogen (secondary N) is 3. The molecule has 24 heavy (non-hydrogen) atoms. The van der Waals surface area contributed by atoms with Crippen LogP contribution in [0.1, 0.15) is 17.2 Å². The molecule has 2 aromatic rings. The lowest BCUT2D eigenvalue weighted by Crippen LogP contribution is -2.51. The maximum atomic E-state index is 12.1. The van der Waals surface area contributed by atoms with E-state index in [1.807, 2.05) is 0 Å². The SMILES string of the molecule is O=C(NNC(=O)C(F)(F)F)NC(c1ccccc1)c1ccccc1. The Morgan fingerprint density at radius 3 is 1.67 bits per heavy atom. The van der Waals surface area contributed by atoms with Gasteiger partial charge in [0.25, 0.3) is 0 Å². The Bertz CT molecular complexity index is 651. The monoisotopic (exact) mass is 337 g/mol. The second kappa shape index (κ2) is 7.49. The zero-order valence-corrected chi connectivity index (χ0v) is 12.3. The van der Waals surface area contributed by atoms with Crippen molar-refractivity contribution in [2.24, 2.45) is 0 Å². The molecule has 0 unspecified atom stereocenters. The molecule has 8 heteroatoms. The highest BCUT2D eigenvalue weighted by atomic mass is 19.4. The predicted molar refractivity (Wildman–Crippen MR) is 80.6 cm³/mol. The van der Waals surface area contributed by atoms with E-state index in [0.29, 0.717) is 0 Å². The van der Waals surface area contributed by atoms with Gasteiger partial charge in [0, 0.05) is 0 Å². The molecular weight excluding hydrogens is 323 g/mol. The van der Waals surface area contributed by atoms with Crippen LogP contribution in [0.25, 0.3) is 0 Å². The van der Waals surface area contributed by atoms with Gasteiger partial charge in [0.1, 0.15) is 0 Å². The molecule has 2 aromatic carbocycles. The van der Waals surface area contributed by atoms with Gasteiger partial charge in [-0.25, -0.2) is 10.2 Å². The lowest BCUT2D eigenvalue weighted by Gasteiger charge is -2.20. The molecule has 2 rings (SSSR count). The first kappa shape index (κ1) is 17.3. The first-order valence-corrected chi connectivity index (χ1v) is 6.91. The van der Waals surface area contributed by atoms with Gasteiger partial charge in [-0.15, -0.1) is 0 Å². The van der Waals surface area contributed by atoms with Gasteiger partial charge in [-0.05, 0) is 11.1 Å². The number of urea groups is 1. The zero-order valence-electron chi connectivity index (χ0n) is 12.3. The Balaban J connectivity index is 2.09. The van der Waals surface area contributed by atoms with E-state index in [2.05, 4.69) is 5.32 Å². The summed E-state index contributed by atoms with van der Waals surface area (Å²) in [6.07, 6.45) is -5.08. The standard InChI is InChI=1S/C16H14F3N3O2/c17-16(18,19)14(23)21-22-15(24)20-13(11-7-3-1-4-8-11)12-9-5-2-6-10-12/h1-10,13H,(H,21,23)(H2,20,22,24). The first-order chi connectivity index (χ1) is 11.4. The van der Waals surface area contributed by atoms with E-state index in [-0.39, 0.29) is 0 Å². The average molecular weight is 337 g/mol. The molecule has 0 saturated carbocycles. The van der Waals surface area contributed by atoms with Gasteiger partial charge in [0.05, 0.1) is 6.04 Å². The number of alkyl halides is 3. The van der Waals surface area contributed by atoms with Gasteiger partial charge in [-0.1, -0.05) is 60.7 Å². The molecule has 126 valence electrons. The van der Waals surface area contributed by atoms with Gasteiger partial charge >= 0.3 is 18.1 Å². The number of halogens is 3. The van der Waals surface area contributed by atoms with Crippen molar-refractivity contribution in [3.8, 4) is 0 Å². The molecule has 0 atom stereocenters. The number of hydrazine groups is 1. The predicted octanol–water partition coefficient (Wildman–Crippen LogP) is 2.67. The Hall–Kier alpha value is -3.03. The Labute approximate surface area is 135 Å². The molecule has 0 spiro atoms. The highest BCUT2D eigenvalue weighted by molar-refractivity contribution is 5.84. The first-order valence-electron chi connectivity index (χ1n) is 6.91. The Morgan fingerprint density at radius 1 is 0.792 bits per heavy atom. The number of rotatable bonds is 3. The van der Waals surface area contributed by atoms with Crippen LogP contribution in [-0.2, 0) is 4.79 Å². The summed E-state index contributed by atoms with van der Waals surface area (Å²) in [7, 11) is 0. The molecule has 5 nitrogen and oxygen atoms in total. The summed E-state index contributed by atoms with van der Waals surface area (Å²) in [4.78, 5) is 22.5. The van der Waals surface area contributed by atoms with Crippen LogP contribution in [-0.4, -0.2) is 18.1 Å². The van der Waals surface area contributed by atoms with Crippen molar-refractivity contribution in [1.82, 2.24) is 16.2 Å². The van der Waals surface area contributed by atoms with Crippen LogP contribution in [0.15, 0.2) is 60.7 Å². The summed E-state index contributed by atoms with van der Waals surface area (Å²) in [6.45, 7) is 0. The molecule has 0 fully saturated rings. The lowest BCUT2D eigenvalue weighted by molar-refractivity contribution is -0.174. The van der Waals surface area contributed by atoms with E-state index in [1.54, 1.807) is 66.1 Å². The topological polar surface area (TPSA) is 70.2 Å². The summed E-state index contributed by atoms with van der Waals surface area (Å²) < 4.78 is 36.3. The fourth-order valence-corrected chi connectivity index (χ4v) is 2.00. The van der Waals surface area contributed by atoms with Crippen LogP contribution in [0.5, 0.6) is 0 Å². The third-order valence-electron chi connectivity index (χ3n) is 3.09. The molecule has 0 saturated heterocycles. The van der Waals surface area contributed by atoms with E-state index in [0.717, 1.165) is 11.1 Å². The fraction of sp³-hybridized carbons (Fsp3) is 0.125. The third-order valence-corrected chi connectivity index (χ3v) is 3.09. The number of carbonyl (C=O) groups excluding carboxylic acids is 2. The minimum atomic E-state index is -5.08. The normalized spacial score (nSPS) is 11.0. The summed E-state index contributed by atoms with van der Waals surface area (Å²) in [5.41, 5.74) is 4.47. The molecule has 3 N–H and O–H groups in total. The summed E-state index contributed by atoms with van der Waals surface area (Å²) in [5.74, 6) is -2.26. The second-order valence-electron chi connectivity index (χ2n) is 4.80. The van der Waals surface area contributed by atoms with Gasteiger partial charge in [-0.3, -0.25) is 10.2 Å². The van der Waals surface area contributed by atoms with Crippen molar-refractivity contribution in [2.75, 3.05) is 0 Å². The Morgan fingerprint density at radius 2 is 1.25 bits per heavy atom. The highest BCUT2D eigenvalue weighted by Gasteiger charge is 2.39. The fourth-order valence-electron chi connectivity index (χ4n) is 2.00. The molecular formula is C16H14F3N3O2. The molecule has 0 radical (unpaired) electrons. The quantitative estimate of drug-likeness (QED) is 0.754.